The minimum Gasteiger partial charge on any atom is -0.379 e. The molecule has 20 heteroatoms. The quantitative estimate of drug-likeness (QED) is 0.0167. The van der Waals surface area contributed by atoms with Crippen LogP contribution in [-0.2, 0) is 28.7 Å². The molecule has 0 radical (unpaired) electrons. The van der Waals surface area contributed by atoms with Gasteiger partial charge < -0.3 is 54.3 Å². The summed E-state index contributed by atoms with van der Waals surface area (Å²) in [7, 11) is 0. The van der Waals surface area contributed by atoms with Crippen LogP contribution in [0.15, 0.2) is 5.11 Å². The number of nitrogens with zero attached hydrogens (tertiary/aromatic N) is 5. The van der Waals surface area contributed by atoms with E-state index in [1.165, 1.54) is 6.92 Å². The maximum atomic E-state index is 13.3. The van der Waals surface area contributed by atoms with Crippen LogP contribution in [0.1, 0.15) is 19.8 Å². The van der Waals surface area contributed by atoms with Gasteiger partial charge in [-0.25, -0.2) is 0 Å². The maximum Gasteiger partial charge on any atom is 0.243 e. The van der Waals surface area contributed by atoms with Crippen molar-refractivity contribution in [2.75, 3.05) is 105 Å². The van der Waals surface area contributed by atoms with Crippen molar-refractivity contribution in [3.63, 3.8) is 0 Å². The predicted molar refractivity (Wildman–Crippen MR) is 167 cm³/mol. The Morgan fingerprint density at radius 2 is 1.17 bits per heavy atom. The van der Waals surface area contributed by atoms with Crippen LogP contribution in [0.5, 0.6) is 0 Å². The summed E-state index contributed by atoms with van der Waals surface area (Å²) in [4.78, 5) is 70.5. The third-order valence-corrected chi connectivity index (χ3v) is 6.45. The van der Waals surface area contributed by atoms with Gasteiger partial charge in [-0.05, 0) is 5.53 Å². The van der Waals surface area contributed by atoms with Crippen LogP contribution in [0.3, 0.4) is 0 Å². The van der Waals surface area contributed by atoms with E-state index in [-0.39, 0.29) is 39.1 Å². The van der Waals surface area contributed by atoms with Crippen LogP contribution in [-0.4, -0.2) is 156 Å². The average molecular weight is 663 g/mol. The van der Waals surface area contributed by atoms with Crippen molar-refractivity contribution < 1.29 is 51.6 Å². The first-order valence-electron chi connectivity index (χ1n) is 15.7. The number of quaternary nitrogens is 4. The molecule has 20 nitrogen and oxygen atoms in total. The lowest BCUT2D eigenvalue weighted by Crippen LogP contribution is -2.59. The van der Waals surface area contributed by atoms with Gasteiger partial charge in [-0.3, -0.25) is 33.8 Å². The molecule has 0 aliphatic carbocycles. The lowest BCUT2D eigenvalue weighted by atomic mass is 10.1. The first kappa shape index (κ1) is 42.4. The van der Waals surface area contributed by atoms with Crippen LogP contribution >= 0.6 is 0 Å². The number of amides is 5. The number of nitrogens with one attached hydrogen (secondary N) is 5. The van der Waals surface area contributed by atoms with Crippen molar-refractivity contribution in [2.24, 2.45) is 5.11 Å². The van der Waals surface area contributed by atoms with E-state index in [0.29, 0.717) is 52.4 Å². The second kappa shape index (κ2) is 27.7. The normalized spacial score (nSPS) is 12.2. The topological polar surface area (TPSA) is 321 Å². The highest BCUT2D eigenvalue weighted by Gasteiger charge is 2.29. The molecule has 17 N–H and O–H groups in total. The highest BCUT2D eigenvalue weighted by Crippen LogP contribution is 2.00. The highest BCUT2D eigenvalue weighted by molar-refractivity contribution is 5.96. The van der Waals surface area contributed by atoms with E-state index in [9.17, 15) is 24.0 Å². The Kier molecular flexibility index (Phi) is 25.5. The van der Waals surface area contributed by atoms with E-state index in [2.05, 4.69) is 69.3 Å². The van der Waals surface area contributed by atoms with Gasteiger partial charge in [0.1, 0.15) is 12.1 Å². The summed E-state index contributed by atoms with van der Waals surface area (Å²) in [6.45, 7) is 9.28. The van der Waals surface area contributed by atoms with Crippen LogP contribution < -0.4 is 49.5 Å². The molecule has 264 valence electrons. The van der Waals surface area contributed by atoms with E-state index in [0.717, 1.165) is 26.2 Å². The zero-order valence-corrected chi connectivity index (χ0v) is 27.4. The average Bonchev–Trinajstić information content (AvgIpc) is 3.00. The molecule has 0 saturated carbocycles. The zero-order valence-electron chi connectivity index (χ0n) is 27.4. The first-order valence-corrected chi connectivity index (χ1v) is 15.7. The summed E-state index contributed by atoms with van der Waals surface area (Å²) in [5.74, 6) is -2.94. The van der Waals surface area contributed by atoms with Crippen LogP contribution in [0, 0.1) is 0 Å². The van der Waals surface area contributed by atoms with Gasteiger partial charge >= 0.3 is 0 Å². The fraction of sp³-hybridized carbons (Fsp3) is 0.808. The molecule has 0 aromatic carbocycles. The molecule has 2 atom stereocenters. The Hall–Kier alpha value is -3.62. The van der Waals surface area contributed by atoms with Gasteiger partial charge in [0, 0.05) is 77.3 Å². The monoisotopic (exact) mass is 662 g/mol. The van der Waals surface area contributed by atoms with Crippen molar-refractivity contribution in [1.29, 1.82) is 0 Å². The number of hydrogen-bond donors (Lipinski definition) is 9. The molecular formula is C26H58N14O6+4. The predicted octanol–water partition coefficient (Wildman–Crippen LogP) is -8.00. The molecule has 0 aliphatic rings. The first-order chi connectivity index (χ1) is 22.1. The minimum absolute atomic E-state index is 0.0604. The molecule has 0 bridgehead atoms. The van der Waals surface area contributed by atoms with Gasteiger partial charge in [-0.1, -0.05) is 5.11 Å². The van der Waals surface area contributed by atoms with E-state index < -0.39 is 41.6 Å². The minimum atomic E-state index is -1.30. The van der Waals surface area contributed by atoms with Crippen molar-refractivity contribution in [3.8, 4) is 0 Å². The number of azide groups is 1. The zero-order chi connectivity index (χ0) is 34.6. The Morgan fingerprint density at radius 3 is 1.61 bits per heavy atom. The molecule has 0 aliphatic heterocycles. The summed E-state index contributed by atoms with van der Waals surface area (Å²) in [6.07, 6.45) is -0.753. The fourth-order valence-corrected chi connectivity index (χ4v) is 4.35. The molecule has 0 heterocycles. The largest absolute Gasteiger partial charge is 0.379 e. The molecule has 0 saturated heterocycles. The van der Waals surface area contributed by atoms with Gasteiger partial charge in [0.05, 0.1) is 52.2 Å². The SMILES string of the molecule is CC(=O)N[C@H](CC(=O)NCCN(CC[NH3+])CC[NH3+])C(=O)N[C@@H](CC(=O)NCCN(CC[NH3+])CC[NH3+])C(=O)NCCOCCN=[N+]=[N-]. The van der Waals surface area contributed by atoms with E-state index in [1.807, 2.05) is 0 Å². The van der Waals surface area contributed by atoms with Crippen molar-refractivity contribution >= 4 is 29.5 Å². The van der Waals surface area contributed by atoms with E-state index in [1.54, 1.807) is 0 Å². The number of ether oxygens (including phenoxy) is 1. The van der Waals surface area contributed by atoms with Crippen molar-refractivity contribution in [3.05, 3.63) is 10.4 Å². The number of hydrogen-bond acceptors (Lipinski definition) is 9. The molecule has 46 heavy (non-hydrogen) atoms. The molecule has 0 aromatic rings. The molecular weight excluding hydrogens is 604 g/mol. The van der Waals surface area contributed by atoms with E-state index >= 15 is 0 Å². The van der Waals surface area contributed by atoms with E-state index in [4.69, 9.17) is 10.3 Å². The Labute approximate surface area is 270 Å². The number of carbonyl (C=O) groups excluding carboxylic acids is 5. The smallest absolute Gasteiger partial charge is 0.243 e. The molecule has 0 spiro atoms. The van der Waals surface area contributed by atoms with Crippen LogP contribution in [0.2, 0.25) is 0 Å². The molecule has 0 unspecified atom stereocenters. The lowest BCUT2D eigenvalue weighted by molar-refractivity contribution is -0.378. The molecule has 0 fully saturated rings. The van der Waals surface area contributed by atoms with Gasteiger partial charge in [0.2, 0.25) is 29.5 Å². The summed E-state index contributed by atoms with van der Waals surface area (Å²) in [6, 6.07) is -2.58. The second-order valence-corrected chi connectivity index (χ2v) is 10.4. The van der Waals surface area contributed by atoms with Crippen LogP contribution in [0.4, 0.5) is 0 Å². The maximum absolute atomic E-state index is 13.3. The summed E-state index contributed by atoms with van der Waals surface area (Å²) in [5.41, 5.74) is 23.7. The Morgan fingerprint density at radius 1 is 0.696 bits per heavy atom. The van der Waals surface area contributed by atoms with Crippen molar-refractivity contribution in [1.82, 2.24) is 36.4 Å². The fourth-order valence-electron chi connectivity index (χ4n) is 4.35. The highest BCUT2D eigenvalue weighted by atomic mass is 16.5. The lowest BCUT2D eigenvalue weighted by Gasteiger charge is -2.23. The van der Waals surface area contributed by atoms with Gasteiger partial charge in [0.15, 0.2) is 0 Å². The standard InChI is InChI=1S/C26H54N14O6/c1-20(41)36-22(19-24(43)33-7-15-40(12-4-29)13-5-30)26(45)37-21(25(44)34-8-16-46-17-9-35-38-31)18-23(42)32-6-14-39(10-2-27)11-3-28/h21-22H,2-19,27-30H2,1H3,(H,32,42)(H,33,43)(H,34,44)(H,36,41)(H,37,45)/p+4/t21-,22+/m0/s1. The Bertz CT molecular complexity index is 940. The van der Waals surface area contributed by atoms with Crippen molar-refractivity contribution in [2.45, 2.75) is 31.8 Å². The second-order valence-electron chi connectivity index (χ2n) is 10.4. The van der Waals surface area contributed by atoms with Gasteiger partial charge in [-0.2, -0.15) is 0 Å². The van der Waals surface area contributed by atoms with Crippen LogP contribution in [0.25, 0.3) is 10.4 Å². The molecule has 5 amide bonds. The third-order valence-electron chi connectivity index (χ3n) is 6.45. The number of rotatable bonds is 28. The van der Waals surface area contributed by atoms with Gasteiger partial charge in [-0.15, -0.1) is 0 Å². The number of carbonyl (C=O) groups is 5. The third kappa shape index (κ3) is 22.0. The molecule has 0 aromatic heterocycles. The molecule has 0 rings (SSSR count). The summed E-state index contributed by atoms with van der Waals surface area (Å²) >= 11 is 0. The van der Waals surface area contributed by atoms with Gasteiger partial charge in [0.25, 0.3) is 0 Å². The summed E-state index contributed by atoms with van der Waals surface area (Å²) in [5, 5.41) is 16.5. The summed E-state index contributed by atoms with van der Waals surface area (Å²) < 4.78 is 5.28. The Balaban J connectivity index is 5.40.